The number of benzene rings is 6. The maximum atomic E-state index is 2.57. The molecule has 0 fully saturated rings. The van der Waals surface area contributed by atoms with Crippen molar-refractivity contribution in [3.8, 4) is 33.4 Å². The number of aryl methyl sites for hydroxylation is 2. The van der Waals surface area contributed by atoms with Crippen LogP contribution in [0.2, 0.25) is 0 Å². The van der Waals surface area contributed by atoms with Crippen molar-refractivity contribution in [3.05, 3.63) is 129 Å². The monoisotopic (exact) mass is 554 g/mol. The Balaban J connectivity index is 1.53. The van der Waals surface area contributed by atoms with E-state index in [1.807, 2.05) is 0 Å². The lowest BCUT2D eigenvalue weighted by molar-refractivity contribution is 0.636. The smallest absolute Gasteiger partial charge is 0.0165 e. The van der Waals surface area contributed by atoms with Crippen LogP contribution in [0.5, 0.6) is 0 Å². The fourth-order valence-electron chi connectivity index (χ4n) is 9.70. The van der Waals surface area contributed by atoms with Crippen LogP contribution in [-0.2, 0) is 16.2 Å². The van der Waals surface area contributed by atoms with Gasteiger partial charge in [-0.05, 0) is 125 Å². The molecular formula is C43H38. The summed E-state index contributed by atoms with van der Waals surface area (Å²) in [5.74, 6) is 0. The van der Waals surface area contributed by atoms with Gasteiger partial charge >= 0.3 is 0 Å². The summed E-state index contributed by atoms with van der Waals surface area (Å²) in [4.78, 5) is 0. The zero-order valence-corrected chi connectivity index (χ0v) is 26.6. The summed E-state index contributed by atoms with van der Waals surface area (Å²) in [5, 5.41) is 5.52. The highest BCUT2D eigenvalue weighted by Crippen LogP contribution is 2.67. The Bertz CT molecular complexity index is 2270. The van der Waals surface area contributed by atoms with Crippen molar-refractivity contribution in [3.63, 3.8) is 0 Å². The lowest BCUT2D eigenvalue weighted by atomic mass is 9.71. The van der Waals surface area contributed by atoms with E-state index in [-0.39, 0.29) is 16.2 Å². The highest BCUT2D eigenvalue weighted by Gasteiger charge is 2.52. The predicted octanol–water partition coefficient (Wildman–Crippen LogP) is 11.5. The Morgan fingerprint density at radius 3 is 1.23 bits per heavy atom. The zero-order valence-electron chi connectivity index (χ0n) is 26.6. The molecule has 0 nitrogen and oxygen atoms in total. The van der Waals surface area contributed by atoms with Gasteiger partial charge < -0.3 is 0 Å². The third kappa shape index (κ3) is 2.75. The average Bonchev–Trinajstić information content (AvgIpc) is 3.48. The van der Waals surface area contributed by atoms with Crippen LogP contribution in [0.3, 0.4) is 0 Å². The van der Waals surface area contributed by atoms with Crippen molar-refractivity contribution in [2.75, 3.05) is 0 Å². The van der Waals surface area contributed by atoms with E-state index in [1.54, 1.807) is 0 Å². The number of rotatable bonds is 0. The van der Waals surface area contributed by atoms with Crippen LogP contribution in [0.25, 0.3) is 54.9 Å². The molecule has 3 aliphatic rings. The molecule has 0 heterocycles. The topological polar surface area (TPSA) is 0 Å². The molecule has 0 atom stereocenters. The molecular weight excluding hydrogens is 516 g/mol. The number of fused-ring (bicyclic) bond motifs is 14. The van der Waals surface area contributed by atoms with Gasteiger partial charge in [-0.1, -0.05) is 114 Å². The number of hydrogen-bond donors (Lipinski definition) is 0. The van der Waals surface area contributed by atoms with Crippen molar-refractivity contribution in [1.82, 2.24) is 0 Å². The van der Waals surface area contributed by atoms with Crippen LogP contribution in [0.4, 0.5) is 0 Å². The maximum Gasteiger partial charge on any atom is 0.0165 e. The fraction of sp³-hybridized carbons (Fsp3) is 0.256. The lowest BCUT2D eigenvalue weighted by Gasteiger charge is -2.31. The third-order valence-corrected chi connectivity index (χ3v) is 11.8. The lowest BCUT2D eigenvalue weighted by Crippen LogP contribution is -2.22. The van der Waals surface area contributed by atoms with Crippen molar-refractivity contribution in [2.45, 2.75) is 71.6 Å². The predicted molar refractivity (Wildman–Crippen MR) is 184 cm³/mol. The standard InChI is InChI=1S/C43H38/c1-23-25-15-9-10-16-26(25)24(2)30-22-34-31(21-29(23)30)37-39-35(27-17-11-14-20-33(27)42(39,5)6)38-36(40(37)43(34,7)8)28-18-12-13-19-32(28)41(38,3)4/h9-22H,1-8H3. The van der Waals surface area contributed by atoms with Gasteiger partial charge in [0, 0.05) is 16.2 Å². The minimum Gasteiger partial charge on any atom is -0.0619 e. The molecule has 0 spiro atoms. The zero-order chi connectivity index (χ0) is 29.8. The highest BCUT2D eigenvalue weighted by atomic mass is 14.5. The van der Waals surface area contributed by atoms with Crippen molar-refractivity contribution in [2.24, 2.45) is 0 Å². The van der Waals surface area contributed by atoms with Gasteiger partial charge in [0.1, 0.15) is 0 Å². The van der Waals surface area contributed by atoms with Gasteiger partial charge in [0.2, 0.25) is 0 Å². The Kier molecular flexibility index (Phi) is 4.52. The van der Waals surface area contributed by atoms with Crippen LogP contribution in [0.15, 0.2) is 84.9 Å². The minimum atomic E-state index is -0.137. The van der Waals surface area contributed by atoms with Crippen LogP contribution in [0, 0.1) is 13.8 Å². The van der Waals surface area contributed by atoms with Crippen LogP contribution in [0.1, 0.15) is 86.1 Å². The first kappa shape index (κ1) is 25.3. The second-order valence-corrected chi connectivity index (χ2v) is 15.0. The second kappa shape index (κ2) is 7.67. The maximum absolute atomic E-state index is 2.57. The summed E-state index contributed by atoms with van der Waals surface area (Å²) >= 11 is 0. The van der Waals surface area contributed by atoms with Gasteiger partial charge in [0.15, 0.2) is 0 Å². The average molecular weight is 555 g/mol. The van der Waals surface area contributed by atoms with E-state index >= 15 is 0 Å². The summed E-state index contributed by atoms with van der Waals surface area (Å²) < 4.78 is 0. The quantitative estimate of drug-likeness (QED) is 0.164. The first-order chi connectivity index (χ1) is 20.5. The molecule has 43 heavy (non-hydrogen) atoms. The van der Waals surface area contributed by atoms with E-state index in [2.05, 4.69) is 140 Å². The molecule has 0 aromatic heterocycles. The normalized spacial score (nSPS) is 17.4. The Morgan fingerprint density at radius 2 is 0.744 bits per heavy atom. The Morgan fingerprint density at radius 1 is 0.372 bits per heavy atom. The molecule has 6 aromatic carbocycles. The van der Waals surface area contributed by atoms with Gasteiger partial charge in [-0.15, -0.1) is 0 Å². The molecule has 0 heteroatoms. The summed E-state index contributed by atoms with van der Waals surface area (Å²) in [6.07, 6.45) is 0. The first-order valence-corrected chi connectivity index (χ1v) is 15.9. The highest BCUT2D eigenvalue weighted by molar-refractivity contribution is 6.10. The van der Waals surface area contributed by atoms with E-state index in [0.717, 1.165) is 0 Å². The summed E-state index contributed by atoms with van der Waals surface area (Å²) in [5.41, 5.74) is 20.2. The van der Waals surface area contributed by atoms with E-state index in [0.29, 0.717) is 0 Å². The third-order valence-electron chi connectivity index (χ3n) is 11.8. The SMILES string of the molecule is Cc1c2ccccc2c(C)c2cc3c(cc12)-c1c2c(c4c(c1C3(C)C)-c1ccccc1C4(C)C)-c1ccccc1C2(C)C. The molecule has 210 valence electrons. The van der Waals surface area contributed by atoms with Crippen LogP contribution < -0.4 is 0 Å². The molecule has 6 aromatic rings. The molecule has 0 unspecified atom stereocenters. The van der Waals surface area contributed by atoms with Gasteiger partial charge in [0.05, 0.1) is 0 Å². The summed E-state index contributed by atoms with van der Waals surface area (Å²) in [7, 11) is 0. The minimum absolute atomic E-state index is 0.0843. The van der Waals surface area contributed by atoms with Gasteiger partial charge in [-0.25, -0.2) is 0 Å². The summed E-state index contributed by atoms with van der Waals surface area (Å²) in [6.45, 7) is 19.5. The molecule has 0 saturated carbocycles. The Hall–Kier alpha value is -4.16. The Labute approximate surface area is 255 Å². The van der Waals surface area contributed by atoms with Gasteiger partial charge in [-0.2, -0.15) is 0 Å². The largest absolute Gasteiger partial charge is 0.0619 e. The van der Waals surface area contributed by atoms with Crippen molar-refractivity contribution < 1.29 is 0 Å². The molecule has 9 rings (SSSR count). The molecule has 3 aliphatic carbocycles. The first-order valence-electron chi connectivity index (χ1n) is 15.9. The molecule has 0 amide bonds. The summed E-state index contributed by atoms with van der Waals surface area (Å²) in [6, 6.07) is 32.6. The molecule has 0 saturated heterocycles. The van der Waals surface area contributed by atoms with E-state index in [9.17, 15) is 0 Å². The molecule has 0 N–H and O–H groups in total. The van der Waals surface area contributed by atoms with E-state index in [4.69, 9.17) is 0 Å². The van der Waals surface area contributed by atoms with Gasteiger partial charge in [-0.3, -0.25) is 0 Å². The van der Waals surface area contributed by atoms with E-state index < -0.39 is 0 Å². The van der Waals surface area contributed by atoms with Crippen molar-refractivity contribution >= 4 is 21.5 Å². The van der Waals surface area contributed by atoms with Crippen LogP contribution in [-0.4, -0.2) is 0 Å². The van der Waals surface area contributed by atoms with Crippen molar-refractivity contribution in [1.29, 1.82) is 0 Å². The van der Waals surface area contributed by atoms with Gasteiger partial charge in [0.25, 0.3) is 0 Å². The molecule has 0 bridgehead atoms. The molecule has 0 radical (unpaired) electrons. The van der Waals surface area contributed by atoms with Crippen LogP contribution >= 0.6 is 0 Å². The van der Waals surface area contributed by atoms with E-state index in [1.165, 1.54) is 99.4 Å². The second-order valence-electron chi connectivity index (χ2n) is 15.0. The molecule has 0 aliphatic heterocycles. The fourth-order valence-corrected chi connectivity index (χ4v) is 9.70. The number of hydrogen-bond acceptors (Lipinski definition) is 0.